The number of carbonyl (C=O) groups is 2. The number of halogens is 3. The molecule has 20 heavy (non-hydrogen) atoms. The molecule has 2 unspecified atom stereocenters. The molecule has 2 atom stereocenters. The summed E-state index contributed by atoms with van der Waals surface area (Å²) in [5, 5.41) is 2.65. The van der Waals surface area contributed by atoms with Crippen molar-refractivity contribution in [3.05, 3.63) is 0 Å². The van der Waals surface area contributed by atoms with Gasteiger partial charge in [-0.2, -0.15) is 13.2 Å². The summed E-state index contributed by atoms with van der Waals surface area (Å²) in [6.07, 6.45) is -4.96. The average molecular weight is 294 g/mol. The normalized spacial score (nSPS) is 24.2. The van der Waals surface area contributed by atoms with Gasteiger partial charge in [-0.25, -0.2) is 0 Å². The second-order valence-corrected chi connectivity index (χ2v) is 5.40. The summed E-state index contributed by atoms with van der Waals surface area (Å²) < 4.78 is 36.6. The molecule has 0 radical (unpaired) electrons. The minimum Gasteiger partial charge on any atom is -0.342 e. The van der Waals surface area contributed by atoms with Gasteiger partial charge in [-0.1, -0.05) is 20.8 Å². The SMILES string of the molecule is CCC1C(=O)NC(C(C)C)C(=O)N1CCCC(F)(F)F. The first-order valence-electron chi connectivity index (χ1n) is 6.85. The molecule has 0 bridgehead atoms. The summed E-state index contributed by atoms with van der Waals surface area (Å²) >= 11 is 0. The van der Waals surface area contributed by atoms with E-state index in [1.54, 1.807) is 20.8 Å². The third-order valence-electron chi connectivity index (χ3n) is 3.44. The maximum absolute atomic E-state index is 12.3. The molecule has 2 amide bonds. The molecule has 4 nitrogen and oxygen atoms in total. The second kappa shape index (κ2) is 6.45. The fraction of sp³-hybridized carbons (Fsp3) is 0.846. The number of piperazine rings is 1. The molecule has 0 aliphatic carbocycles. The van der Waals surface area contributed by atoms with Gasteiger partial charge in [0, 0.05) is 13.0 Å². The van der Waals surface area contributed by atoms with Gasteiger partial charge in [0.25, 0.3) is 0 Å². The lowest BCUT2D eigenvalue weighted by Gasteiger charge is -2.40. The van der Waals surface area contributed by atoms with Gasteiger partial charge in [-0.05, 0) is 18.8 Å². The van der Waals surface area contributed by atoms with E-state index in [9.17, 15) is 22.8 Å². The Morgan fingerprint density at radius 1 is 1.30 bits per heavy atom. The Morgan fingerprint density at radius 2 is 1.90 bits per heavy atom. The molecule has 1 aliphatic rings. The molecule has 116 valence electrons. The number of nitrogens with zero attached hydrogens (tertiary/aromatic N) is 1. The van der Waals surface area contributed by atoms with Gasteiger partial charge >= 0.3 is 6.18 Å². The molecule has 0 aromatic heterocycles. The third kappa shape index (κ3) is 4.11. The van der Waals surface area contributed by atoms with Gasteiger partial charge in [0.15, 0.2) is 0 Å². The summed E-state index contributed by atoms with van der Waals surface area (Å²) in [6.45, 7) is 5.30. The van der Waals surface area contributed by atoms with Gasteiger partial charge in [-0.15, -0.1) is 0 Å². The molecule has 1 aliphatic heterocycles. The summed E-state index contributed by atoms with van der Waals surface area (Å²) in [6, 6.07) is -1.30. The van der Waals surface area contributed by atoms with Crippen LogP contribution in [0, 0.1) is 5.92 Å². The van der Waals surface area contributed by atoms with Gasteiger partial charge in [0.1, 0.15) is 12.1 Å². The van der Waals surface area contributed by atoms with Crippen LogP contribution in [-0.4, -0.2) is 41.5 Å². The molecule has 1 N–H and O–H groups in total. The van der Waals surface area contributed by atoms with Gasteiger partial charge in [0.05, 0.1) is 0 Å². The van der Waals surface area contributed by atoms with Crippen LogP contribution in [0.2, 0.25) is 0 Å². The fourth-order valence-corrected chi connectivity index (χ4v) is 2.36. The summed E-state index contributed by atoms with van der Waals surface area (Å²) in [5.74, 6) is -0.652. The third-order valence-corrected chi connectivity index (χ3v) is 3.44. The van der Waals surface area contributed by atoms with E-state index in [1.165, 1.54) is 4.90 Å². The minimum atomic E-state index is -4.24. The van der Waals surface area contributed by atoms with Crippen LogP contribution in [0.25, 0.3) is 0 Å². The zero-order chi connectivity index (χ0) is 15.5. The van der Waals surface area contributed by atoms with Crippen molar-refractivity contribution in [3.63, 3.8) is 0 Å². The highest BCUT2D eigenvalue weighted by Crippen LogP contribution is 2.23. The second-order valence-electron chi connectivity index (χ2n) is 5.40. The topological polar surface area (TPSA) is 49.4 Å². The first kappa shape index (κ1) is 16.8. The summed E-state index contributed by atoms with van der Waals surface area (Å²) in [5.41, 5.74) is 0. The van der Waals surface area contributed by atoms with Crippen molar-refractivity contribution < 1.29 is 22.8 Å². The predicted octanol–water partition coefficient (Wildman–Crippen LogP) is 2.09. The van der Waals surface area contributed by atoms with E-state index < -0.39 is 24.7 Å². The molecular formula is C13H21F3N2O2. The van der Waals surface area contributed by atoms with E-state index in [4.69, 9.17) is 0 Å². The Balaban J connectivity index is 2.76. The van der Waals surface area contributed by atoms with Crippen LogP contribution < -0.4 is 5.32 Å². The minimum absolute atomic E-state index is 0.0342. The molecule has 0 spiro atoms. The van der Waals surface area contributed by atoms with E-state index in [0.717, 1.165) is 0 Å². The van der Waals surface area contributed by atoms with Crippen LogP contribution in [0.4, 0.5) is 13.2 Å². The predicted molar refractivity (Wildman–Crippen MR) is 67.8 cm³/mol. The maximum Gasteiger partial charge on any atom is 0.389 e. The van der Waals surface area contributed by atoms with E-state index in [2.05, 4.69) is 5.32 Å². The van der Waals surface area contributed by atoms with E-state index in [1.807, 2.05) is 0 Å². The van der Waals surface area contributed by atoms with Crippen molar-refractivity contribution in [2.24, 2.45) is 5.92 Å². The van der Waals surface area contributed by atoms with Crippen LogP contribution in [-0.2, 0) is 9.59 Å². The summed E-state index contributed by atoms with van der Waals surface area (Å²) in [7, 11) is 0. The van der Waals surface area contributed by atoms with Gasteiger partial charge < -0.3 is 10.2 Å². The number of nitrogens with one attached hydrogen (secondary N) is 1. The molecule has 1 saturated heterocycles. The Labute approximate surface area is 116 Å². The molecule has 7 heteroatoms. The van der Waals surface area contributed by atoms with Gasteiger partial charge in [-0.3, -0.25) is 9.59 Å². The molecular weight excluding hydrogens is 273 g/mol. The van der Waals surface area contributed by atoms with Crippen LogP contribution in [0.1, 0.15) is 40.0 Å². The number of rotatable bonds is 5. The highest BCUT2D eigenvalue weighted by atomic mass is 19.4. The number of carbonyl (C=O) groups excluding carboxylic acids is 2. The first-order valence-corrected chi connectivity index (χ1v) is 6.85. The smallest absolute Gasteiger partial charge is 0.342 e. The molecule has 1 fully saturated rings. The van der Waals surface area contributed by atoms with Crippen molar-refractivity contribution in [3.8, 4) is 0 Å². The molecule has 0 saturated carbocycles. The lowest BCUT2D eigenvalue weighted by atomic mass is 9.96. The van der Waals surface area contributed by atoms with Crippen LogP contribution >= 0.6 is 0 Å². The zero-order valence-corrected chi connectivity index (χ0v) is 12.0. The Kier molecular flexibility index (Phi) is 5.42. The standard InChI is InChI=1S/C13H21F3N2O2/c1-4-9-11(19)17-10(8(2)3)12(20)18(9)7-5-6-13(14,15)16/h8-10H,4-7H2,1-3H3,(H,17,19). The van der Waals surface area contributed by atoms with E-state index in [-0.39, 0.29) is 30.7 Å². The summed E-state index contributed by atoms with van der Waals surface area (Å²) in [4.78, 5) is 25.5. The monoisotopic (exact) mass is 294 g/mol. The van der Waals surface area contributed by atoms with E-state index >= 15 is 0 Å². The average Bonchev–Trinajstić information content (AvgIpc) is 2.31. The van der Waals surface area contributed by atoms with Crippen LogP contribution in [0.5, 0.6) is 0 Å². The highest BCUT2D eigenvalue weighted by molar-refractivity contribution is 5.97. The Bertz CT molecular complexity index is 369. The Hall–Kier alpha value is -1.27. The first-order chi connectivity index (χ1) is 9.17. The van der Waals surface area contributed by atoms with Crippen LogP contribution in [0.3, 0.4) is 0 Å². The molecule has 0 aromatic rings. The van der Waals surface area contributed by atoms with Gasteiger partial charge in [0.2, 0.25) is 11.8 Å². The van der Waals surface area contributed by atoms with Crippen molar-refractivity contribution in [1.29, 1.82) is 0 Å². The number of hydrogen-bond donors (Lipinski definition) is 1. The highest BCUT2D eigenvalue weighted by Gasteiger charge is 2.40. The molecule has 1 rings (SSSR count). The fourth-order valence-electron chi connectivity index (χ4n) is 2.36. The molecule has 0 aromatic carbocycles. The number of hydrogen-bond acceptors (Lipinski definition) is 2. The van der Waals surface area contributed by atoms with Crippen molar-refractivity contribution in [2.75, 3.05) is 6.54 Å². The maximum atomic E-state index is 12.3. The van der Waals surface area contributed by atoms with Crippen LogP contribution in [0.15, 0.2) is 0 Å². The number of amides is 2. The van der Waals surface area contributed by atoms with Crippen molar-refractivity contribution >= 4 is 11.8 Å². The van der Waals surface area contributed by atoms with E-state index in [0.29, 0.717) is 6.42 Å². The zero-order valence-electron chi connectivity index (χ0n) is 12.0. The quantitative estimate of drug-likeness (QED) is 0.844. The molecule has 1 heterocycles. The largest absolute Gasteiger partial charge is 0.389 e. The van der Waals surface area contributed by atoms with Crippen molar-refractivity contribution in [1.82, 2.24) is 10.2 Å². The van der Waals surface area contributed by atoms with Crippen molar-refractivity contribution in [2.45, 2.75) is 58.3 Å². The lowest BCUT2D eigenvalue weighted by Crippen LogP contribution is -2.64. The Morgan fingerprint density at radius 3 is 2.35 bits per heavy atom. The number of alkyl halides is 3. The lowest BCUT2D eigenvalue weighted by molar-refractivity contribution is -0.153.